The van der Waals surface area contributed by atoms with Crippen molar-refractivity contribution in [3.63, 3.8) is 0 Å². The zero-order valence-electron chi connectivity index (χ0n) is 16.4. The van der Waals surface area contributed by atoms with Crippen LogP contribution in [0.5, 0.6) is 0 Å². The number of nitrogens with zero attached hydrogens (tertiary/aromatic N) is 3. The van der Waals surface area contributed by atoms with E-state index in [-0.39, 0.29) is 18.5 Å². The number of aromatic nitrogens is 3. The summed E-state index contributed by atoms with van der Waals surface area (Å²) in [7, 11) is 0. The molecule has 2 aromatic heterocycles. The van der Waals surface area contributed by atoms with Crippen LogP contribution in [0.25, 0.3) is 5.52 Å². The number of fused-ring (bicyclic) bond motifs is 1. The molecule has 0 aliphatic heterocycles. The molecule has 30 heavy (non-hydrogen) atoms. The average molecular weight is 421 g/mol. The number of benzene rings is 1. The number of halogens is 3. The first-order chi connectivity index (χ1) is 13.9. The van der Waals surface area contributed by atoms with E-state index in [2.05, 4.69) is 15.4 Å². The Balaban J connectivity index is 1.68. The third-order valence-corrected chi connectivity index (χ3v) is 5.41. The minimum atomic E-state index is -4.50. The minimum Gasteiger partial charge on any atom is -0.399 e. The van der Waals surface area contributed by atoms with Crippen LogP contribution in [0, 0.1) is 6.92 Å². The number of alkyl halides is 3. The van der Waals surface area contributed by atoms with Crippen molar-refractivity contribution < 1.29 is 23.4 Å². The van der Waals surface area contributed by atoms with Crippen LogP contribution >= 0.6 is 0 Å². The molecule has 1 saturated carbocycles. The first-order valence-electron chi connectivity index (χ1n) is 9.47. The van der Waals surface area contributed by atoms with Gasteiger partial charge in [0.05, 0.1) is 23.3 Å². The first kappa shape index (κ1) is 20.4. The molecule has 1 aliphatic rings. The van der Waals surface area contributed by atoms with Crippen LogP contribution in [0.2, 0.25) is 0 Å². The Morgan fingerprint density at radius 3 is 2.60 bits per heavy atom. The topological polar surface area (TPSA) is 109 Å². The molecule has 0 amide bonds. The number of nitrogen functional groups attached to an aromatic ring is 1. The number of rotatable bonds is 4. The summed E-state index contributed by atoms with van der Waals surface area (Å²) >= 11 is 0. The fourth-order valence-corrected chi connectivity index (χ4v) is 3.80. The van der Waals surface area contributed by atoms with Crippen molar-refractivity contribution in [2.45, 2.75) is 50.6 Å². The van der Waals surface area contributed by atoms with Crippen LogP contribution < -0.4 is 11.1 Å². The van der Waals surface area contributed by atoms with Crippen molar-refractivity contribution in [3.05, 3.63) is 53.0 Å². The number of aliphatic hydroxyl groups excluding tert-OH is 1. The lowest BCUT2D eigenvalue weighted by Crippen LogP contribution is -2.44. The van der Waals surface area contributed by atoms with Crippen LogP contribution in [0.1, 0.15) is 48.3 Å². The lowest BCUT2D eigenvalue weighted by Gasteiger charge is -2.40. The Hall–Kier alpha value is -2.85. The van der Waals surface area contributed by atoms with Gasteiger partial charge in [0.2, 0.25) is 0 Å². The second-order valence-corrected chi connectivity index (χ2v) is 7.91. The lowest BCUT2D eigenvalue weighted by atomic mass is 9.74. The van der Waals surface area contributed by atoms with Gasteiger partial charge >= 0.3 is 6.18 Å². The molecule has 2 heterocycles. The van der Waals surface area contributed by atoms with Crippen molar-refractivity contribution in [3.8, 4) is 0 Å². The first-order valence-corrected chi connectivity index (χ1v) is 9.47. The molecule has 1 fully saturated rings. The smallest absolute Gasteiger partial charge is 0.399 e. The minimum absolute atomic E-state index is 0.0215. The van der Waals surface area contributed by atoms with Gasteiger partial charge in [0, 0.05) is 30.3 Å². The normalized spacial score (nSPS) is 22.7. The summed E-state index contributed by atoms with van der Waals surface area (Å²) in [6.07, 6.45) is -2.90. The molecular weight excluding hydrogens is 399 g/mol. The number of hydrogen-bond donors (Lipinski definition) is 4. The van der Waals surface area contributed by atoms with Crippen molar-refractivity contribution in [1.29, 1.82) is 0 Å². The number of aliphatic hydroxyl groups is 2. The van der Waals surface area contributed by atoms with E-state index in [0.29, 0.717) is 28.3 Å². The molecule has 0 spiro atoms. The third-order valence-electron chi connectivity index (χ3n) is 5.41. The van der Waals surface area contributed by atoms with Crippen LogP contribution in [0.3, 0.4) is 0 Å². The standard InChI is InChI=1S/C20H22F3N5O2/c1-10(12-3-13(20(21,22)23)5-15(24)4-12)25-18-17-6-14(19(30)7-16(29)8-19)9-28(17)27-11(2)26-18/h3-6,9-10,16,29-30H,7-8,24H2,1-2H3,(H,25,26,27)/t10-,16?,19?/m1/s1. The fraction of sp³-hybridized carbons (Fsp3) is 0.400. The highest BCUT2D eigenvalue weighted by atomic mass is 19.4. The zero-order valence-corrected chi connectivity index (χ0v) is 16.4. The van der Waals surface area contributed by atoms with Gasteiger partial charge in [-0.25, -0.2) is 9.50 Å². The summed E-state index contributed by atoms with van der Waals surface area (Å²) < 4.78 is 41.0. The van der Waals surface area contributed by atoms with Gasteiger partial charge in [-0.3, -0.25) is 0 Å². The molecule has 1 aromatic carbocycles. The van der Waals surface area contributed by atoms with Gasteiger partial charge in [-0.1, -0.05) is 0 Å². The molecular formula is C20H22F3N5O2. The van der Waals surface area contributed by atoms with E-state index in [0.717, 1.165) is 12.1 Å². The maximum absolute atomic E-state index is 13.1. The predicted molar refractivity (Wildman–Crippen MR) is 105 cm³/mol. The van der Waals surface area contributed by atoms with Gasteiger partial charge < -0.3 is 21.3 Å². The molecule has 5 N–H and O–H groups in total. The maximum atomic E-state index is 13.1. The van der Waals surface area contributed by atoms with E-state index in [1.807, 2.05) is 0 Å². The molecule has 1 aliphatic carbocycles. The summed E-state index contributed by atoms with van der Waals surface area (Å²) in [4.78, 5) is 4.39. The van der Waals surface area contributed by atoms with Crippen LogP contribution in [-0.4, -0.2) is 30.9 Å². The molecule has 10 heteroatoms. The van der Waals surface area contributed by atoms with E-state index < -0.39 is 29.5 Å². The Morgan fingerprint density at radius 2 is 1.97 bits per heavy atom. The van der Waals surface area contributed by atoms with Gasteiger partial charge in [0.1, 0.15) is 11.3 Å². The number of nitrogens with two attached hydrogens (primary N) is 1. The van der Waals surface area contributed by atoms with Crippen molar-refractivity contribution in [2.24, 2.45) is 0 Å². The number of hydrogen-bond acceptors (Lipinski definition) is 6. The molecule has 160 valence electrons. The summed E-state index contributed by atoms with van der Waals surface area (Å²) in [5.41, 5.74) is 5.30. The largest absolute Gasteiger partial charge is 0.416 e. The quantitative estimate of drug-likeness (QED) is 0.482. The number of anilines is 2. The summed E-state index contributed by atoms with van der Waals surface area (Å²) in [5.74, 6) is 0.865. The van der Waals surface area contributed by atoms with E-state index in [1.165, 1.54) is 6.07 Å². The van der Waals surface area contributed by atoms with Gasteiger partial charge in [0.25, 0.3) is 0 Å². The fourth-order valence-electron chi connectivity index (χ4n) is 3.80. The zero-order chi connectivity index (χ0) is 21.8. The number of aryl methyl sites for hydroxylation is 1. The van der Waals surface area contributed by atoms with Crippen molar-refractivity contribution in [1.82, 2.24) is 14.6 Å². The third kappa shape index (κ3) is 3.68. The lowest BCUT2D eigenvalue weighted by molar-refractivity contribution is -0.137. The Bertz CT molecular complexity index is 1110. The molecule has 0 saturated heterocycles. The van der Waals surface area contributed by atoms with E-state index in [4.69, 9.17) is 5.73 Å². The highest BCUT2D eigenvalue weighted by Crippen LogP contribution is 2.42. The average Bonchev–Trinajstić information content (AvgIpc) is 3.03. The molecule has 4 rings (SSSR count). The summed E-state index contributed by atoms with van der Waals surface area (Å²) in [6, 6.07) is 4.64. The molecule has 1 atom stereocenters. The molecule has 3 aromatic rings. The van der Waals surface area contributed by atoms with Gasteiger partial charge in [0.15, 0.2) is 5.82 Å². The van der Waals surface area contributed by atoms with E-state index >= 15 is 0 Å². The van der Waals surface area contributed by atoms with Crippen LogP contribution in [-0.2, 0) is 11.8 Å². The molecule has 0 radical (unpaired) electrons. The maximum Gasteiger partial charge on any atom is 0.416 e. The second kappa shape index (κ2) is 6.85. The van der Waals surface area contributed by atoms with Crippen LogP contribution in [0.4, 0.5) is 24.7 Å². The van der Waals surface area contributed by atoms with Crippen LogP contribution in [0.15, 0.2) is 30.5 Å². The van der Waals surface area contributed by atoms with Crippen molar-refractivity contribution >= 4 is 17.0 Å². The number of nitrogens with one attached hydrogen (secondary N) is 1. The SMILES string of the molecule is Cc1nc(N[C@H](C)c2cc(N)cc(C(F)(F)F)c2)c2cc(C3(O)CC(O)C3)cn2n1. The van der Waals surface area contributed by atoms with E-state index in [1.54, 1.807) is 30.6 Å². The molecule has 0 unspecified atom stereocenters. The highest BCUT2D eigenvalue weighted by Gasteiger charge is 2.44. The molecule has 7 nitrogen and oxygen atoms in total. The van der Waals surface area contributed by atoms with Gasteiger partial charge in [-0.05, 0) is 43.7 Å². The Morgan fingerprint density at radius 1 is 1.27 bits per heavy atom. The molecule has 0 bridgehead atoms. The highest BCUT2D eigenvalue weighted by molar-refractivity contribution is 5.70. The summed E-state index contributed by atoms with van der Waals surface area (Å²) in [5, 5.41) is 27.7. The van der Waals surface area contributed by atoms with Gasteiger partial charge in [-0.2, -0.15) is 18.3 Å². The Labute approximate surface area is 170 Å². The van der Waals surface area contributed by atoms with Crippen molar-refractivity contribution in [2.75, 3.05) is 11.1 Å². The van der Waals surface area contributed by atoms with Gasteiger partial charge in [-0.15, -0.1) is 0 Å². The predicted octanol–water partition coefficient (Wildman–Crippen LogP) is 3.15. The summed E-state index contributed by atoms with van der Waals surface area (Å²) in [6.45, 7) is 3.40. The van der Waals surface area contributed by atoms with E-state index in [9.17, 15) is 23.4 Å². The second-order valence-electron chi connectivity index (χ2n) is 7.91. The monoisotopic (exact) mass is 421 g/mol. The Kier molecular flexibility index (Phi) is 4.66.